The van der Waals surface area contributed by atoms with Gasteiger partial charge in [-0.2, -0.15) is 0 Å². The summed E-state index contributed by atoms with van der Waals surface area (Å²) in [5.41, 5.74) is 0. The van der Waals surface area contributed by atoms with Gasteiger partial charge in [-0.25, -0.2) is 9.97 Å². The maximum atomic E-state index is 5.81. The van der Waals surface area contributed by atoms with Crippen LogP contribution in [0.15, 0.2) is 6.07 Å². The Bertz CT molecular complexity index is 350. The Morgan fingerprint density at radius 3 is 2.87 bits per heavy atom. The molecule has 0 fully saturated rings. The van der Waals surface area contributed by atoms with E-state index in [1.54, 1.807) is 13.0 Å². The predicted molar refractivity (Wildman–Crippen MR) is 62.9 cm³/mol. The van der Waals surface area contributed by atoms with E-state index in [0.717, 1.165) is 12.8 Å². The van der Waals surface area contributed by atoms with Crippen LogP contribution in [-0.4, -0.2) is 16.0 Å². The van der Waals surface area contributed by atoms with Gasteiger partial charge in [-0.3, -0.25) is 0 Å². The van der Waals surface area contributed by atoms with Crippen molar-refractivity contribution in [3.63, 3.8) is 0 Å². The van der Waals surface area contributed by atoms with E-state index < -0.39 is 0 Å². The number of hydrogen-bond acceptors (Lipinski definition) is 3. The smallest absolute Gasteiger partial charge is 0.134 e. The van der Waals surface area contributed by atoms with Crippen molar-refractivity contribution >= 4 is 17.4 Å². The lowest BCUT2D eigenvalue weighted by Gasteiger charge is -2.12. The molecule has 1 aromatic rings. The third-order valence-corrected chi connectivity index (χ3v) is 2.10. The molecular formula is C11H14ClN3. The van der Waals surface area contributed by atoms with Gasteiger partial charge in [-0.05, 0) is 13.3 Å². The van der Waals surface area contributed by atoms with E-state index in [9.17, 15) is 0 Å². The number of nitrogens with one attached hydrogen (secondary N) is 1. The van der Waals surface area contributed by atoms with Crippen molar-refractivity contribution in [3.8, 4) is 12.3 Å². The number of rotatable bonds is 4. The van der Waals surface area contributed by atoms with Crippen LogP contribution in [0.25, 0.3) is 0 Å². The minimum absolute atomic E-state index is 0.000340. The van der Waals surface area contributed by atoms with E-state index in [2.05, 4.69) is 28.1 Å². The molecule has 1 aromatic heterocycles. The molecule has 0 aliphatic carbocycles. The van der Waals surface area contributed by atoms with Crippen LogP contribution in [0.5, 0.6) is 0 Å². The predicted octanol–water partition coefficient (Wildman–Crippen LogP) is 2.65. The van der Waals surface area contributed by atoms with Crippen LogP contribution in [0.1, 0.15) is 25.6 Å². The van der Waals surface area contributed by atoms with Gasteiger partial charge in [0, 0.05) is 6.07 Å². The van der Waals surface area contributed by atoms with Gasteiger partial charge < -0.3 is 5.32 Å². The molecule has 0 saturated carbocycles. The number of aryl methyl sites for hydroxylation is 1. The van der Waals surface area contributed by atoms with E-state index in [4.69, 9.17) is 18.0 Å². The molecule has 3 nitrogen and oxygen atoms in total. The summed E-state index contributed by atoms with van der Waals surface area (Å²) in [6.07, 6.45) is 7.34. The van der Waals surface area contributed by atoms with Crippen LogP contribution in [0.3, 0.4) is 0 Å². The molecular weight excluding hydrogens is 210 g/mol. The molecule has 1 rings (SSSR count). The lowest BCUT2D eigenvalue weighted by atomic mass is 10.2. The Labute approximate surface area is 95.3 Å². The number of aromatic nitrogens is 2. The summed E-state index contributed by atoms with van der Waals surface area (Å²) in [4.78, 5) is 8.18. The highest BCUT2D eigenvalue weighted by Crippen LogP contribution is 2.13. The molecule has 0 aromatic carbocycles. The maximum Gasteiger partial charge on any atom is 0.134 e. The SMILES string of the molecule is C#CC(CCC)Nc1cc(Cl)nc(C)n1. The van der Waals surface area contributed by atoms with Crippen molar-refractivity contribution < 1.29 is 0 Å². The first kappa shape index (κ1) is 11.8. The first-order valence-electron chi connectivity index (χ1n) is 4.89. The fourth-order valence-corrected chi connectivity index (χ4v) is 1.50. The van der Waals surface area contributed by atoms with Gasteiger partial charge in [0.15, 0.2) is 0 Å². The minimum Gasteiger partial charge on any atom is -0.356 e. The second-order valence-electron chi connectivity index (χ2n) is 3.28. The molecule has 0 saturated heterocycles. The van der Waals surface area contributed by atoms with Crippen LogP contribution < -0.4 is 5.32 Å². The van der Waals surface area contributed by atoms with Crippen molar-refractivity contribution in [2.45, 2.75) is 32.7 Å². The molecule has 1 atom stereocenters. The van der Waals surface area contributed by atoms with Crippen molar-refractivity contribution in [1.29, 1.82) is 0 Å². The minimum atomic E-state index is 0.000340. The van der Waals surface area contributed by atoms with E-state index in [-0.39, 0.29) is 6.04 Å². The number of anilines is 1. The number of terminal acetylenes is 1. The summed E-state index contributed by atoms with van der Waals surface area (Å²) >= 11 is 5.81. The monoisotopic (exact) mass is 223 g/mol. The number of hydrogen-bond donors (Lipinski definition) is 1. The quantitative estimate of drug-likeness (QED) is 0.630. The zero-order valence-corrected chi connectivity index (χ0v) is 9.67. The topological polar surface area (TPSA) is 37.8 Å². The summed E-state index contributed by atoms with van der Waals surface area (Å²) in [6.45, 7) is 3.88. The van der Waals surface area contributed by atoms with E-state index in [0.29, 0.717) is 16.8 Å². The maximum absolute atomic E-state index is 5.81. The average molecular weight is 224 g/mol. The summed E-state index contributed by atoms with van der Waals surface area (Å²) in [5, 5.41) is 3.57. The average Bonchev–Trinajstić information content (AvgIpc) is 2.15. The fraction of sp³-hybridized carbons (Fsp3) is 0.455. The van der Waals surface area contributed by atoms with Gasteiger partial charge in [0.05, 0.1) is 6.04 Å². The fourth-order valence-electron chi connectivity index (χ4n) is 1.27. The third kappa shape index (κ3) is 3.77. The Morgan fingerprint density at radius 2 is 2.33 bits per heavy atom. The Balaban J connectivity index is 2.75. The summed E-state index contributed by atoms with van der Waals surface area (Å²) < 4.78 is 0. The third-order valence-electron chi connectivity index (χ3n) is 1.91. The first-order chi connectivity index (χ1) is 7.15. The Morgan fingerprint density at radius 1 is 1.60 bits per heavy atom. The molecule has 0 aliphatic rings. The van der Waals surface area contributed by atoms with Gasteiger partial charge in [-0.1, -0.05) is 30.9 Å². The molecule has 0 amide bonds. The second-order valence-corrected chi connectivity index (χ2v) is 3.66. The molecule has 1 heterocycles. The molecule has 0 spiro atoms. The molecule has 4 heteroatoms. The van der Waals surface area contributed by atoms with Crippen LogP contribution in [0.2, 0.25) is 5.15 Å². The molecule has 0 aliphatic heterocycles. The lowest BCUT2D eigenvalue weighted by Crippen LogP contribution is -2.17. The van der Waals surface area contributed by atoms with Crippen LogP contribution >= 0.6 is 11.6 Å². The van der Waals surface area contributed by atoms with Gasteiger partial charge in [-0.15, -0.1) is 6.42 Å². The summed E-state index contributed by atoms with van der Waals surface area (Å²) in [5.74, 6) is 4.00. The van der Waals surface area contributed by atoms with Crippen molar-refractivity contribution in [3.05, 3.63) is 17.0 Å². The molecule has 0 radical (unpaired) electrons. The largest absolute Gasteiger partial charge is 0.356 e. The second kappa shape index (κ2) is 5.57. The highest BCUT2D eigenvalue weighted by Gasteiger charge is 2.05. The summed E-state index contributed by atoms with van der Waals surface area (Å²) in [7, 11) is 0. The van der Waals surface area contributed by atoms with Gasteiger partial charge in [0.2, 0.25) is 0 Å². The lowest BCUT2D eigenvalue weighted by molar-refractivity contribution is 0.751. The van der Waals surface area contributed by atoms with Crippen molar-refractivity contribution in [2.75, 3.05) is 5.32 Å². The molecule has 0 bridgehead atoms. The van der Waals surface area contributed by atoms with Gasteiger partial charge in [0.25, 0.3) is 0 Å². The molecule has 80 valence electrons. The Hall–Kier alpha value is -1.27. The normalized spacial score (nSPS) is 11.9. The van der Waals surface area contributed by atoms with Crippen LogP contribution in [-0.2, 0) is 0 Å². The molecule has 15 heavy (non-hydrogen) atoms. The van der Waals surface area contributed by atoms with Crippen LogP contribution in [0.4, 0.5) is 5.82 Å². The van der Waals surface area contributed by atoms with E-state index >= 15 is 0 Å². The van der Waals surface area contributed by atoms with Crippen molar-refractivity contribution in [1.82, 2.24) is 9.97 Å². The van der Waals surface area contributed by atoms with Gasteiger partial charge in [0.1, 0.15) is 16.8 Å². The summed E-state index contributed by atoms with van der Waals surface area (Å²) in [6, 6.07) is 1.68. The van der Waals surface area contributed by atoms with Gasteiger partial charge >= 0.3 is 0 Å². The van der Waals surface area contributed by atoms with Crippen molar-refractivity contribution in [2.24, 2.45) is 0 Å². The molecule has 1 unspecified atom stereocenters. The first-order valence-corrected chi connectivity index (χ1v) is 5.27. The standard InChI is InChI=1S/C11H14ClN3/c1-4-6-9(5-2)15-11-7-10(12)13-8(3)14-11/h2,7,9H,4,6H2,1,3H3,(H,13,14,15). The van der Waals surface area contributed by atoms with E-state index in [1.165, 1.54) is 0 Å². The van der Waals surface area contributed by atoms with Crippen LogP contribution in [0, 0.1) is 19.3 Å². The number of nitrogens with zero attached hydrogens (tertiary/aromatic N) is 2. The number of halogens is 1. The Kier molecular flexibility index (Phi) is 4.38. The molecule has 1 N–H and O–H groups in total. The highest BCUT2D eigenvalue weighted by molar-refractivity contribution is 6.29. The zero-order chi connectivity index (χ0) is 11.3. The zero-order valence-electron chi connectivity index (χ0n) is 8.92. The van der Waals surface area contributed by atoms with E-state index in [1.807, 2.05) is 0 Å². The highest BCUT2D eigenvalue weighted by atomic mass is 35.5.